The van der Waals surface area contributed by atoms with Crippen LogP contribution in [0.15, 0.2) is 48.5 Å². The molecule has 0 aliphatic carbocycles. The molecule has 0 aliphatic heterocycles. The van der Waals surface area contributed by atoms with Crippen LogP contribution in [0.2, 0.25) is 0 Å². The first-order valence-corrected chi connectivity index (χ1v) is 8.40. The second-order valence-corrected chi connectivity index (χ2v) is 7.62. The summed E-state index contributed by atoms with van der Waals surface area (Å²) < 4.78 is 1.10. The number of rotatable bonds is 1. The Kier molecular flexibility index (Phi) is 4.07. The van der Waals surface area contributed by atoms with Crippen LogP contribution >= 0.6 is 11.3 Å². The van der Waals surface area contributed by atoms with Crippen molar-refractivity contribution in [2.75, 3.05) is 0 Å². The molecular formula is C21H18OS. The first-order chi connectivity index (χ1) is 11.0. The first-order valence-electron chi connectivity index (χ1n) is 7.58. The van der Waals surface area contributed by atoms with E-state index in [9.17, 15) is 4.79 Å². The Morgan fingerprint density at radius 2 is 1.65 bits per heavy atom. The third kappa shape index (κ3) is 3.21. The van der Waals surface area contributed by atoms with Crippen LogP contribution in [0.5, 0.6) is 0 Å². The van der Waals surface area contributed by atoms with Gasteiger partial charge in [-0.1, -0.05) is 62.9 Å². The van der Waals surface area contributed by atoms with E-state index in [0.717, 1.165) is 27.5 Å². The Bertz CT molecular complexity index is 912. The van der Waals surface area contributed by atoms with E-state index in [1.54, 1.807) is 0 Å². The number of carbonyl (C=O) groups is 1. The van der Waals surface area contributed by atoms with Crippen molar-refractivity contribution in [2.45, 2.75) is 26.2 Å². The number of aldehydes is 1. The number of thiophene rings is 1. The van der Waals surface area contributed by atoms with Crippen LogP contribution in [-0.2, 0) is 5.41 Å². The largest absolute Gasteiger partial charge is 0.297 e. The maximum Gasteiger partial charge on any atom is 0.161 e. The third-order valence-electron chi connectivity index (χ3n) is 3.81. The molecule has 0 aliphatic rings. The quantitative estimate of drug-likeness (QED) is 0.433. The molecule has 0 unspecified atom stereocenters. The average molecular weight is 318 g/mol. The SMILES string of the molecule is CC(C)(C)c1ccc(C#Cc2c(C=O)sc3ccccc23)cc1. The highest BCUT2D eigenvalue weighted by molar-refractivity contribution is 7.20. The lowest BCUT2D eigenvalue weighted by atomic mass is 9.87. The fourth-order valence-corrected chi connectivity index (χ4v) is 3.44. The summed E-state index contributed by atoms with van der Waals surface area (Å²) in [5, 5.41) is 1.05. The number of hydrogen-bond acceptors (Lipinski definition) is 2. The molecule has 1 nitrogen and oxygen atoms in total. The first kappa shape index (κ1) is 15.5. The van der Waals surface area contributed by atoms with Crippen molar-refractivity contribution in [1.29, 1.82) is 0 Å². The zero-order valence-electron chi connectivity index (χ0n) is 13.5. The molecule has 0 amide bonds. The normalized spacial score (nSPS) is 11.1. The highest BCUT2D eigenvalue weighted by Crippen LogP contribution is 2.29. The van der Waals surface area contributed by atoms with Gasteiger partial charge in [-0.05, 0) is 29.2 Å². The zero-order chi connectivity index (χ0) is 16.4. The highest BCUT2D eigenvalue weighted by atomic mass is 32.1. The predicted molar refractivity (Wildman–Crippen MR) is 98.3 cm³/mol. The van der Waals surface area contributed by atoms with E-state index in [1.165, 1.54) is 16.9 Å². The van der Waals surface area contributed by atoms with E-state index < -0.39 is 0 Å². The lowest BCUT2D eigenvalue weighted by Gasteiger charge is -2.18. The van der Waals surface area contributed by atoms with Gasteiger partial charge in [0.15, 0.2) is 6.29 Å². The maximum atomic E-state index is 11.3. The van der Waals surface area contributed by atoms with Crippen LogP contribution in [0.1, 0.15) is 47.1 Å². The molecule has 0 radical (unpaired) electrons. The summed E-state index contributed by atoms with van der Waals surface area (Å²) in [5.74, 6) is 6.38. The summed E-state index contributed by atoms with van der Waals surface area (Å²) in [6.45, 7) is 6.59. The highest BCUT2D eigenvalue weighted by Gasteiger charge is 2.12. The Hall–Kier alpha value is -2.37. The molecule has 0 saturated carbocycles. The average Bonchev–Trinajstić information content (AvgIpc) is 2.90. The summed E-state index contributed by atoms with van der Waals surface area (Å²) in [4.78, 5) is 12.0. The second kappa shape index (κ2) is 6.02. The van der Waals surface area contributed by atoms with Gasteiger partial charge in [-0.15, -0.1) is 11.3 Å². The van der Waals surface area contributed by atoms with Crippen LogP contribution in [0.4, 0.5) is 0 Å². The van der Waals surface area contributed by atoms with Crippen LogP contribution in [0.3, 0.4) is 0 Å². The summed E-state index contributed by atoms with van der Waals surface area (Å²) in [6, 6.07) is 16.3. The second-order valence-electron chi connectivity index (χ2n) is 6.53. The maximum absolute atomic E-state index is 11.3. The minimum Gasteiger partial charge on any atom is -0.297 e. The number of fused-ring (bicyclic) bond motifs is 1. The van der Waals surface area contributed by atoms with Gasteiger partial charge in [0.1, 0.15) is 0 Å². The number of benzene rings is 2. The van der Waals surface area contributed by atoms with Crippen LogP contribution in [0.25, 0.3) is 10.1 Å². The van der Waals surface area contributed by atoms with Crippen LogP contribution < -0.4 is 0 Å². The molecule has 2 heteroatoms. The Morgan fingerprint density at radius 1 is 0.957 bits per heavy atom. The van der Waals surface area contributed by atoms with E-state index in [2.05, 4.69) is 44.7 Å². The van der Waals surface area contributed by atoms with Crippen molar-refractivity contribution >= 4 is 27.7 Å². The Labute approximate surface area is 141 Å². The van der Waals surface area contributed by atoms with Crippen molar-refractivity contribution in [3.63, 3.8) is 0 Å². The zero-order valence-corrected chi connectivity index (χ0v) is 14.3. The van der Waals surface area contributed by atoms with Gasteiger partial charge in [0, 0.05) is 15.6 Å². The van der Waals surface area contributed by atoms with Gasteiger partial charge in [0.2, 0.25) is 0 Å². The molecule has 23 heavy (non-hydrogen) atoms. The van der Waals surface area contributed by atoms with Crippen molar-refractivity contribution < 1.29 is 4.79 Å². The molecule has 0 bridgehead atoms. The Morgan fingerprint density at radius 3 is 2.30 bits per heavy atom. The molecule has 0 N–H and O–H groups in total. The van der Waals surface area contributed by atoms with Crippen molar-refractivity contribution in [2.24, 2.45) is 0 Å². The summed E-state index contributed by atoms with van der Waals surface area (Å²) in [6.07, 6.45) is 0.900. The van der Waals surface area contributed by atoms with E-state index in [1.807, 2.05) is 36.4 Å². The molecule has 3 aromatic rings. The van der Waals surface area contributed by atoms with Crippen LogP contribution in [0, 0.1) is 11.8 Å². The van der Waals surface area contributed by atoms with Gasteiger partial charge >= 0.3 is 0 Å². The number of hydrogen-bond donors (Lipinski definition) is 0. The fraction of sp³-hybridized carbons (Fsp3) is 0.190. The van der Waals surface area contributed by atoms with E-state index >= 15 is 0 Å². The van der Waals surface area contributed by atoms with Gasteiger partial charge in [-0.25, -0.2) is 0 Å². The fourth-order valence-electron chi connectivity index (χ4n) is 2.46. The minimum absolute atomic E-state index is 0.139. The topological polar surface area (TPSA) is 17.1 Å². The van der Waals surface area contributed by atoms with Crippen molar-refractivity contribution in [1.82, 2.24) is 0 Å². The van der Waals surface area contributed by atoms with Gasteiger partial charge in [-0.3, -0.25) is 4.79 Å². The smallest absolute Gasteiger partial charge is 0.161 e. The van der Waals surface area contributed by atoms with E-state index in [4.69, 9.17) is 0 Å². The van der Waals surface area contributed by atoms with Crippen molar-refractivity contribution in [3.05, 3.63) is 70.1 Å². The lowest BCUT2D eigenvalue weighted by Crippen LogP contribution is -2.10. The molecule has 114 valence electrons. The molecule has 1 heterocycles. The number of carbonyl (C=O) groups excluding carboxylic acids is 1. The molecule has 0 spiro atoms. The van der Waals surface area contributed by atoms with Gasteiger partial charge < -0.3 is 0 Å². The predicted octanol–water partition coefficient (Wildman–Crippen LogP) is 5.41. The molecule has 0 fully saturated rings. The third-order valence-corrected chi connectivity index (χ3v) is 4.91. The molecule has 1 aromatic heterocycles. The van der Waals surface area contributed by atoms with E-state index in [0.29, 0.717) is 4.88 Å². The lowest BCUT2D eigenvalue weighted by molar-refractivity contribution is 0.112. The minimum atomic E-state index is 0.139. The molecule has 0 saturated heterocycles. The monoisotopic (exact) mass is 318 g/mol. The van der Waals surface area contributed by atoms with Gasteiger partial charge in [-0.2, -0.15) is 0 Å². The molecule has 0 atom stereocenters. The van der Waals surface area contributed by atoms with Gasteiger partial charge in [0.05, 0.1) is 10.4 Å². The summed E-state index contributed by atoms with van der Waals surface area (Å²) in [7, 11) is 0. The van der Waals surface area contributed by atoms with Crippen molar-refractivity contribution in [3.8, 4) is 11.8 Å². The van der Waals surface area contributed by atoms with Crippen LogP contribution in [-0.4, -0.2) is 6.29 Å². The molecule has 3 rings (SSSR count). The van der Waals surface area contributed by atoms with Gasteiger partial charge in [0.25, 0.3) is 0 Å². The Balaban J connectivity index is 2.00. The molecular weight excluding hydrogens is 300 g/mol. The standard InChI is InChI=1S/C21H18OS/c1-21(2,3)16-11-8-15(9-12-16)10-13-18-17-6-4-5-7-19(17)23-20(18)14-22/h4-9,11-12,14H,1-3H3. The molecule has 2 aromatic carbocycles. The summed E-state index contributed by atoms with van der Waals surface area (Å²) in [5.41, 5.74) is 3.23. The summed E-state index contributed by atoms with van der Waals surface area (Å²) >= 11 is 1.49. The van der Waals surface area contributed by atoms with E-state index in [-0.39, 0.29) is 5.41 Å².